The first-order valence-electron chi connectivity index (χ1n) is 10.4. The van der Waals surface area contributed by atoms with Crippen LogP contribution in [0.25, 0.3) is 0 Å². The molecule has 0 aliphatic carbocycles. The second-order valence-electron chi connectivity index (χ2n) is 7.62. The number of nitrogens with one attached hydrogen (secondary N) is 1. The summed E-state index contributed by atoms with van der Waals surface area (Å²) in [6.45, 7) is 3.41. The first-order chi connectivity index (χ1) is 16.2. The zero-order chi connectivity index (χ0) is 24.8. The zero-order valence-corrected chi connectivity index (χ0v) is 19.6. The molecular formula is C23H24ClFN4O5. The van der Waals surface area contributed by atoms with Gasteiger partial charge in [0.15, 0.2) is 11.6 Å². The summed E-state index contributed by atoms with van der Waals surface area (Å²) in [7, 11) is 1.22. The molecule has 0 unspecified atom stereocenters. The smallest absolute Gasteiger partial charge is 0.335 e. The van der Waals surface area contributed by atoms with E-state index in [1.807, 2.05) is 0 Å². The molecule has 3 aromatic rings. The molecule has 0 spiro atoms. The molecule has 9 nitrogen and oxygen atoms in total. The van der Waals surface area contributed by atoms with Crippen LogP contribution in [-0.2, 0) is 22.6 Å². The first-order valence-corrected chi connectivity index (χ1v) is 10.8. The highest BCUT2D eigenvalue weighted by Gasteiger charge is 2.13. The molecule has 180 valence electrons. The van der Waals surface area contributed by atoms with Crippen LogP contribution in [0.4, 0.5) is 10.1 Å². The number of rotatable bonds is 8. The maximum absolute atomic E-state index is 14.4. The molecule has 2 aromatic carbocycles. The van der Waals surface area contributed by atoms with Gasteiger partial charge in [0.2, 0.25) is 5.62 Å². The third-order valence-electron chi connectivity index (χ3n) is 4.72. The van der Waals surface area contributed by atoms with Crippen LogP contribution in [0.15, 0.2) is 57.0 Å². The maximum atomic E-state index is 14.4. The Morgan fingerprint density at radius 1 is 1.15 bits per heavy atom. The fourth-order valence-corrected chi connectivity index (χ4v) is 3.22. The summed E-state index contributed by atoms with van der Waals surface area (Å²) in [5.74, 6) is -1.13. The van der Waals surface area contributed by atoms with Crippen molar-refractivity contribution < 1.29 is 18.7 Å². The standard InChI is InChI=1S/C23H24ClFN4O5/c1-14(2)34-19-9-8-17(12-18(19)25)26-21-27-22(31)28(11-10-20(30)33-3)23(32)29(21)13-15-4-6-16(24)7-5-15/h4-9,12,14H,10-11,13H2,1-3H3,(H,26,27,31). The monoisotopic (exact) mass is 490 g/mol. The lowest BCUT2D eigenvalue weighted by Crippen LogP contribution is -2.50. The molecule has 0 bridgehead atoms. The summed E-state index contributed by atoms with van der Waals surface area (Å²) in [5.41, 5.74) is -0.666. The number of carbonyl (C=O) groups is 1. The Hall–Kier alpha value is -3.66. The van der Waals surface area contributed by atoms with Crippen LogP contribution in [0.5, 0.6) is 5.75 Å². The molecule has 0 amide bonds. The first kappa shape index (κ1) is 25.0. The van der Waals surface area contributed by atoms with E-state index in [9.17, 15) is 18.8 Å². The number of aromatic amines is 1. The van der Waals surface area contributed by atoms with Crippen molar-refractivity contribution >= 4 is 23.3 Å². The van der Waals surface area contributed by atoms with Crippen molar-refractivity contribution in [1.29, 1.82) is 0 Å². The fourth-order valence-electron chi connectivity index (χ4n) is 3.09. The van der Waals surface area contributed by atoms with Crippen molar-refractivity contribution in [2.45, 2.75) is 39.5 Å². The quantitative estimate of drug-likeness (QED) is 0.488. The number of benzene rings is 2. The molecule has 1 N–H and O–H groups in total. The molecule has 0 radical (unpaired) electrons. The van der Waals surface area contributed by atoms with Crippen LogP contribution in [0.2, 0.25) is 5.02 Å². The van der Waals surface area contributed by atoms with E-state index in [1.54, 1.807) is 38.1 Å². The number of hydrogen-bond acceptors (Lipinski definition) is 6. The maximum Gasteiger partial charge on any atom is 0.335 e. The predicted molar refractivity (Wildman–Crippen MR) is 124 cm³/mol. The number of hydrogen-bond donors (Lipinski definition) is 1. The van der Waals surface area contributed by atoms with Gasteiger partial charge in [-0.3, -0.25) is 14.3 Å². The van der Waals surface area contributed by atoms with Crippen molar-refractivity contribution in [3.05, 3.63) is 85.5 Å². The van der Waals surface area contributed by atoms with Crippen molar-refractivity contribution in [3.8, 4) is 5.75 Å². The summed E-state index contributed by atoms with van der Waals surface area (Å²) in [6.07, 6.45) is -0.382. The summed E-state index contributed by atoms with van der Waals surface area (Å²) in [6, 6.07) is 10.9. The van der Waals surface area contributed by atoms with Gasteiger partial charge < -0.3 is 9.47 Å². The van der Waals surface area contributed by atoms with E-state index in [0.29, 0.717) is 10.6 Å². The number of aromatic nitrogens is 3. The van der Waals surface area contributed by atoms with E-state index in [4.69, 9.17) is 16.3 Å². The lowest BCUT2D eigenvalue weighted by Gasteiger charge is -2.12. The lowest BCUT2D eigenvalue weighted by atomic mass is 10.2. The van der Waals surface area contributed by atoms with Crippen LogP contribution in [-0.4, -0.2) is 33.3 Å². The lowest BCUT2D eigenvalue weighted by molar-refractivity contribution is -0.140. The summed E-state index contributed by atoms with van der Waals surface area (Å²) in [5, 5.41) is 0.523. The Bertz CT molecular complexity index is 1360. The predicted octanol–water partition coefficient (Wildman–Crippen LogP) is 2.76. The molecule has 0 aliphatic rings. The molecular weight excluding hydrogens is 467 g/mol. The molecule has 3 rings (SSSR count). The topological polar surface area (TPSA) is 108 Å². The van der Waals surface area contributed by atoms with Gasteiger partial charge in [0.05, 0.1) is 31.9 Å². The molecule has 0 fully saturated rings. The van der Waals surface area contributed by atoms with E-state index < -0.39 is 23.2 Å². The van der Waals surface area contributed by atoms with Crippen LogP contribution in [0.3, 0.4) is 0 Å². The highest BCUT2D eigenvalue weighted by atomic mass is 35.5. The van der Waals surface area contributed by atoms with Gasteiger partial charge >= 0.3 is 17.3 Å². The molecule has 11 heteroatoms. The van der Waals surface area contributed by atoms with Crippen LogP contribution < -0.4 is 21.7 Å². The number of H-pyrrole nitrogens is 1. The van der Waals surface area contributed by atoms with Gasteiger partial charge in [-0.25, -0.2) is 23.5 Å². The summed E-state index contributed by atoms with van der Waals surface area (Å²) >= 11 is 5.95. The Morgan fingerprint density at radius 2 is 1.85 bits per heavy atom. The highest BCUT2D eigenvalue weighted by Crippen LogP contribution is 2.23. The Labute approximate surface area is 199 Å². The molecule has 1 aromatic heterocycles. The summed E-state index contributed by atoms with van der Waals surface area (Å²) < 4.78 is 26.5. The van der Waals surface area contributed by atoms with Gasteiger partial charge in [-0.05, 0) is 43.7 Å². The number of methoxy groups -OCH3 is 1. The minimum atomic E-state index is -0.764. The number of esters is 1. The number of nitrogens with zero attached hydrogens (tertiary/aromatic N) is 3. The Balaban J connectivity index is 2.12. The number of halogens is 2. The second kappa shape index (κ2) is 11.0. The normalized spacial score (nSPS) is 11.6. The van der Waals surface area contributed by atoms with E-state index >= 15 is 0 Å². The Morgan fingerprint density at radius 3 is 2.47 bits per heavy atom. The number of ether oxygens (including phenoxy) is 2. The van der Waals surface area contributed by atoms with Gasteiger partial charge in [0, 0.05) is 17.6 Å². The Kier molecular flexibility index (Phi) is 8.06. The molecule has 0 saturated carbocycles. The molecule has 0 atom stereocenters. The van der Waals surface area contributed by atoms with Gasteiger partial charge in [-0.1, -0.05) is 23.7 Å². The SMILES string of the molecule is COC(=O)CCn1c(=O)[nH]/c(=N\c2ccc(OC(C)C)c(F)c2)n(Cc2ccc(Cl)cc2)c1=O. The average molecular weight is 491 g/mol. The minimum absolute atomic E-state index is 0.0425. The van der Waals surface area contributed by atoms with E-state index in [1.165, 1.54) is 23.8 Å². The average Bonchev–Trinajstić information content (AvgIpc) is 2.79. The van der Waals surface area contributed by atoms with Gasteiger partial charge in [0.1, 0.15) is 0 Å². The second-order valence-corrected chi connectivity index (χ2v) is 8.06. The highest BCUT2D eigenvalue weighted by molar-refractivity contribution is 6.30. The van der Waals surface area contributed by atoms with Crippen LogP contribution in [0.1, 0.15) is 25.8 Å². The number of carbonyl (C=O) groups excluding carboxylic acids is 1. The van der Waals surface area contributed by atoms with E-state index in [0.717, 1.165) is 10.6 Å². The van der Waals surface area contributed by atoms with Crippen molar-refractivity contribution in [2.75, 3.05) is 7.11 Å². The van der Waals surface area contributed by atoms with Gasteiger partial charge in [-0.15, -0.1) is 0 Å². The minimum Gasteiger partial charge on any atom is -0.488 e. The summed E-state index contributed by atoms with van der Waals surface area (Å²) in [4.78, 5) is 44.2. The zero-order valence-electron chi connectivity index (χ0n) is 18.9. The van der Waals surface area contributed by atoms with Gasteiger partial charge in [-0.2, -0.15) is 0 Å². The van der Waals surface area contributed by atoms with E-state index in [-0.39, 0.29) is 42.7 Å². The van der Waals surface area contributed by atoms with Crippen molar-refractivity contribution in [3.63, 3.8) is 0 Å². The van der Waals surface area contributed by atoms with Crippen LogP contribution >= 0.6 is 11.6 Å². The third-order valence-corrected chi connectivity index (χ3v) is 4.97. The molecule has 0 saturated heterocycles. The van der Waals surface area contributed by atoms with Gasteiger partial charge in [0.25, 0.3) is 0 Å². The third kappa shape index (κ3) is 6.22. The van der Waals surface area contributed by atoms with E-state index in [2.05, 4.69) is 14.7 Å². The van der Waals surface area contributed by atoms with Crippen molar-refractivity contribution in [2.24, 2.45) is 4.99 Å². The van der Waals surface area contributed by atoms with Crippen molar-refractivity contribution in [1.82, 2.24) is 14.1 Å². The van der Waals surface area contributed by atoms with Crippen LogP contribution in [0, 0.1) is 5.82 Å². The molecule has 34 heavy (non-hydrogen) atoms. The molecule has 0 aliphatic heterocycles. The largest absolute Gasteiger partial charge is 0.488 e. The fraction of sp³-hybridized carbons (Fsp3) is 0.304. The molecule has 1 heterocycles.